The second kappa shape index (κ2) is 8.16. The molecule has 1 aromatic carbocycles. The summed E-state index contributed by atoms with van der Waals surface area (Å²) in [6, 6.07) is 4.00. The number of halogens is 3. The molecule has 1 heterocycles. The molecule has 0 spiro atoms. The number of piperazine rings is 1. The summed E-state index contributed by atoms with van der Waals surface area (Å²) in [7, 11) is 0. The molecule has 0 unspecified atom stereocenters. The number of carbonyl (C=O) groups is 2. The first kappa shape index (κ1) is 21.0. The van der Waals surface area contributed by atoms with E-state index in [1.165, 1.54) is 12.1 Å². The first-order chi connectivity index (χ1) is 12.5. The van der Waals surface area contributed by atoms with Gasteiger partial charge in [0.2, 0.25) is 5.91 Å². The van der Waals surface area contributed by atoms with Crippen molar-refractivity contribution in [2.75, 3.05) is 19.6 Å². The van der Waals surface area contributed by atoms with Gasteiger partial charge in [0.25, 0.3) is 5.91 Å². The van der Waals surface area contributed by atoms with Gasteiger partial charge in [-0.25, -0.2) is 0 Å². The summed E-state index contributed by atoms with van der Waals surface area (Å²) in [5, 5.41) is 0. The predicted octanol–water partition coefficient (Wildman–Crippen LogP) is 2.24. The number of hydrogen-bond donors (Lipinski definition) is 1. The lowest BCUT2D eigenvalue weighted by molar-refractivity contribution is -0.274. The Hall–Kier alpha value is -2.29. The average Bonchev–Trinajstić information content (AvgIpc) is 2.59. The van der Waals surface area contributed by atoms with E-state index >= 15 is 0 Å². The summed E-state index contributed by atoms with van der Waals surface area (Å²) in [6.45, 7) is 6.61. The van der Waals surface area contributed by atoms with E-state index < -0.39 is 12.4 Å². The van der Waals surface area contributed by atoms with Crippen LogP contribution < -0.4 is 10.5 Å². The van der Waals surface area contributed by atoms with E-state index in [9.17, 15) is 22.8 Å². The van der Waals surface area contributed by atoms with Crippen LogP contribution in [0.25, 0.3) is 0 Å². The Balaban J connectivity index is 2.00. The Morgan fingerprint density at radius 1 is 1.19 bits per heavy atom. The lowest BCUT2D eigenvalue weighted by atomic mass is 10.0. The molecule has 150 valence electrons. The number of hydrogen-bond acceptors (Lipinski definition) is 4. The number of benzene rings is 1. The molecule has 1 saturated heterocycles. The van der Waals surface area contributed by atoms with Crippen LogP contribution in [0.1, 0.15) is 31.1 Å². The van der Waals surface area contributed by atoms with Gasteiger partial charge < -0.3 is 20.3 Å². The van der Waals surface area contributed by atoms with Crippen LogP contribution in [0.2, 0.25) is 0 Å². The lowest BCUT2D eigenvalue weighted by Crippen LogP contribution is -2.59. The highest BCUT2D eigenvalue weighted by atomic mass is 19.4. The first-order valence-corrected chi connectivity index (χ1v) is 8.70. The van der Waals surface area contributed by atoms with Crippen LogP contribution in [-0.2, 0) is 4.79 Å². The van der Waals surface area contributed by atoms with Gasteiger partial charge in [-0.15, -0.1) is 13.2 Å². The minimum absolute atomic E-state index is 0.0155. The van der Waals surface area contributed by atoms with Crippen LogP contribution in [-0.4, -0.2) is 59.7 Å². The lowest BCUT2D eigenvalue weighted by Gasteiger charge is -2.41. The van der Waals surface area contributed by atoms with Crippen molar-refractivity contribution in [2.24, 2.45) is 11.7 Å². The zero-order valence-electron chi connectivity index (χ0n) is 15.5. The highest BCUT2D eigenvalue weighted by molar-refractivity contribution is 5.94. The number of alkyl halides is 3. The van der Waals surface area contributed by atoms with E-state index in [0.29, 0.717) is 19.6 Å². The molecule has 1 aliphatic heterocycles. The summed E-state index contributed by atoms with van der Waals surface area (Å²) < 4.78 is 40.4. The molecule has 0 saturated carbocycles. The van der Waals surface area contributed by atoms with Gasteiger partial charge in [-0.3, -0.25) is 9.59 Å². The monoisotopic (exact) mass is 387 g/mol. The topological polar surface area (TPSA) is 75.9 Å². The number of ether oxygens (including phenoxy) is 1. The molecular formula is C18H24F3N3O3. The van der Waals surface area contributed by atoms with Crippen LogP contribution in [0, 0.1) is 5.92 Å². The van der Waals surface area contributed by atoms with Crippen molar-refractivity contribution >= 4 is 11.8 Å². The zero-order chi connectivity index (χ0) is 20.4. The number of rotatable bonds is 4. The second-order valence-electron chi connectivity index (χ2n) is 6.97. The Morgan fingerprint density at radius 2 is 1.78 bits per heavy atom. The average molecular weight is 387 g/mol. The van der Waals surface area contributed by atoms with Gasteiger partial charge in [-0.1, -0.05) is 13.8 Å². The number of amides is 2. The molecule has 0 radical (unpaired) electrons. The fourth-order valence-electron chi connectivity index (χ4n) is 2.93. The molecule has 0 bridgehead atoms. The standard InChI is InChI=1S/C18H24F3N3O3/c1-11(2)15(22)17(26)24-9-8-23(10-12(24)3)16(25)13-4-6-14(7-5-13)27-18(19,20)21/h4-7,11-12,15H,8-10,22H2,1-3H3/t12-,15-/m0/s1. The maximum absolute atomic E-state index is 12.6. The Bertz CT molecular complexity index is 677. The van der Waals surface area contributed by atoms with E-state index in [0.717, 1.165) is 12.1 Å². The minimum atomic E-state index is -4.78. The molecule has 2 amide bonds. The third-order valence-corrected chi connectivity index (χ3v) is 4.54. The van der Waals surface area contributed by atoms with Gasteiger partial charge in [-0.2, -0.15) is 0 Å². The summed E-state index contributed by atoms with van der Waals surface area (Å²) in [5.74, 6) is -0.814. The van der Waals surface area contributed by atoms with Crippen LogP contribution in [0.4, 0.5) is 13.2 Å². The van der Waals surface area contributed by atoms with E-state index in [1.807, 2.05) is 20.8 Å². The number of nitrogens with two attached hydrogens (primary N) is 1. The van der Waals surface area contributed by atoms with Crippen molar-refractivity contribution in [3.63, 3.8) is 0 Å². The summed E-state index contributed by atoms with van der Waals surface area (Å²) >= 11 is 0. The van der Waals surface area contributed by atoms with Crippen molar-refractivity contribution in [1.82, 2.24) is 9.80 Å². The van der Waals surface area contributed by atoms with Gasteiger partial charge in [0.1, 0.15) is 5.75 Å². The van der Waals surface area contributed by atoms with E-state index in [1.54, 1.807) is 9.80 Å². The molecule has 2 rings (SSSR count). The highest BCUT2D eigenvalue weighted by Crippen LogP contribution is 2.23. The van der Waals surface area contributed by atoms with E-state index in [4.69, 9.17) is 5.73 Å². The molecular weight excluding hydrogens is 363 g/mol. The van der Waals surface area contributed by atoms with Gasteiger partial charge in [0, 0.05) is 31.2 Å². The Kier molecular flexibility index (Phi) is 6.35. The third kappa shape index (κ3) is 5.35. The van der Waals surface area contributed by atoms with Crippen molar-refractivity contribution < 1.29 is 27.5 Å². The third-order valence-electron chi connectivity index (χ3n) is 4.54. The second-order valence-corrected chi connectivity index (χ2v) is 6.97. The van der Waals surface area contributed by atoms with Crippen molar-refractivity contribution in [3.05, 3.63) is 29.8 Å². The SMILES string of the molecule is CC(C)[C@H](N)C(=O)N1CCN(C(=O)c2ccc(OC(F)(F)F)cc2)C[C@@H]1C. The zero-order valence-corrected chi connectivity index (χ0v) is 15.5. The maximum Gasteiger partial charge on any atom is 0.573 e. The molecule has 2 atom stereocenters. The van der Waals surface area contributed by atoms with Gasteiger partial charge in [-0.05, 0) is 37.1 Å². The van der Waals surface area contributed by atoms with Crippen LogP contribution in [0.15, 0.2) is 24.3 Å². The molecule has 0 aliphatic carbocycles. The number of nitrogens with zero attached hydrogens (tertiary/aromatic N) is 2. The fourth-order valence-corrected chi connectivity index (χ4v) is 2.93. The van der Waals surface area contributed by atoms with Crippen molar-refractivity contribution in [3.8, 4) is 5.75 Å². The van der Waals surface area contributed by atoms with E-state index in [2.05, 4.69) is 4.74 Å². The van der Waals surface area contributed by atoms with Crippen molar-refractivity contribution in [2.45, 2.75) is 39.2 Å². The van der Waals surface area contributed by atoms with Gasteiger partial charge in [0.15, 0.2) is 0 Å². The molecule has 9 heteroatoms. The molecule has 0 aromatic heterocycles. The highest BCUT2D eigenvalue weighted by Gasteiger charge is 2.34. The van der Waals surface area contributed by atoms with Crippen LogP contribution in [0.3, 0.4) is 0 Å². The number of carbonyl (C=O) groups excluding carboxylic acids is 2. The van der Waals surface area contributed by atoms with Crippen LogP contribution in [0.5, 0.6) is 5.75 Å². The van der Waals surface area contributed by atoms with Gasteiger partial charge in [0.05, 0.1) is 6.04 Å². The maximum atomic E-state index is 12.6. The summed E-state index contributed by atoms with van der Waals surface area (Å²) in [6.07, 6.45) is -4.78. The molecule has 27 heavy (non-hydrogen) atoms. The van der Waals surface area contributed by atoms with Gasteiger partial charge >= 0.3 is 6.36 Å². The largest absolute Gasteiger partial charge is 0.573 e. The van der Waals surface area contributed by atoms with Crippen molar-refractivity contribution in [1.29, 1.82) is 0 Å². The minimum Gasteiger partial charge on any atom is -0.406 e. The normalized spacial score (nSPS) is 19.2. The molecule has 1 aliphatic rings. The molecule has 1 fully saturated rings. The quantitative estimate of drug-likeness (QED) is 0.860. The molecule has 1 aromatic rings. The molecule has 6 nitrogen and oxygen atoms in total. The fraction of sp³-hybridized carbons (Fsp3) is 0.556. The Morgan fingerprint density at radius 3 is 2.26 bits per heavy atom. The summed E-state index contributed by atoms with van der Waals surface area (Å²) in [5.41, 5.74) is 6.19. The smallest absolute Gasteiger partial charge is 0.406 e. The predicted molar refractivity (Wildman–Crippen MR) is 93.0 cm³/mol. The summed E-state index contributed by atoms with van der Waals surface area (Å²) in [4.78, 5) is 28.3. The first-order valence-electron chi connectivity index (χ1n) is 8.70. The Labute approximate surface area is 156 Å². The van der Waals surface area contributed by atoms with E-state index in [-0.39, 0.29) is 35.1 Å². The molecule has 2 N–H and O–H groups in total. The van der Waals surface area contributed by atoms with Crippen LogP contribution >= 0.6 is 0 Å².